The largest absolute Gasteiger partial charge is 0.507 e. The molecule has 0 spiro atoms. The third-order valence-corrected chi connectivity index (χ3v) is 5.72. The fourth-order valence-corrected chi connectivity index (χ4v) is 4.20. The number of ether oxygens (including phenoxy) is 1. The molecule has 1 saturated heterocycles. The molecule has 2 aliphatic heterocycles. The number of likely N-dealkylation sites (tertiary alicyclic amines) is 1. The van der Waals surface area contributed by atoms with Crippen LogP contribution < -0.4 is 4.74 Å². The first-order valence-corrected chi connectivity index (χ1v) is 10.0. The van der Waals surface area contributed by atoms with Crippen LogP contribution in [0.2, 0.25) is 0 Å². The zero-order valence-corrected chi connectivity index (χ0v) is 16.8. The predicted octanol–water partition coefficient (Wildman–Crippen LogP) is 4.86. The van der Waals surface area contributed by atoms with Gasteiger partial charge in [-0.15, -0.1) is 0 Å². The molecule has 0 radical (unpaired) electrons. The summed E-state index contributed by atoms with van der Waals surface area (Å²) in [5.74, 6) is 1.59. The van der Waals surface area contributed by atoms with Crippen LogP contribution in [0.5, 0.6) is 11.5 Å². The quantitative estimate of drug-likeness (QED) is 0.777. The molecule has 0 saturated carbocycles. The molecule has 28 heavy (non-hydrogen) atoms. The molecular formula is C24H27NO3. The fourth-order valence-electron chi connectivity index (χ4n) is 4.20. The van der Waals surface area contributed by atoms with Crippen LogP contribution in [-0.2, 0) is 6.54 Å². The second kappa shape index (κ2) is 7.44. The molecule has 1 N–H and O–H groups in total. The number of nitrogens with zero attached hydrogens (tertiary/aromatic N) is 1. The number of fused-ring (bicyclic) bond motifs is 1. The topological polar surface area (TPSA) is 49.8 Å². The Kier molecular flexibility index (Phi) is 4.98. The molecule has 0 amide bonds. The van der Waals surface area contributed by atoms with E-state index < -0.39 is 0 Å². The number of Topliss-reactive ketones (excluding diaryl/α,β-unsaturated/α-hetero) is 1. The van der Waals surface area contributed by atoms with Crippen molar-refractivity contribution in [1.82, 2.24) is 4.90 Å². The van der Waals surface area contributed by atoms with E-state index in [0.717, 1.165) is 36.2 Å². The van der Waals surface area contributed by atoms with Crippen molar-refractivity contribution in [3.8, 4) is 11.5 Å². The van der Waals surface area contributed by atoms with Gasteiger partial charge in [0.25, 0.3) is 0 Å². The summed E-state index contributed by atoms with van der Waals surface area (Å²) in [4.78, 5) is 15.3. The second-order valence-corrected chi connectivity index (χ2v) is 8.23. The SMILES string of the molecule is Cc1ccc(/C=C2/Oc3c(CN4CCCC(C)C4)c(O)cc(C)c3C2=O)cc1. The monoisotopic (exact) mass is 377 g/mol. The molecule has 1 atom stereocenters. The lowest BCUT2D eigenvalue weighted by Crippen LogP contribution is -2.33. The molecule has 2 heterocycles. The first-order chi connectivity index (χ1) is 13.4. The number of allylic oxidation sites excluding steroid dienone is 1. The number of aryl methyl sites for hydroxylation is 2. The Bertz CT molecular complexity index is 943. The van der Waals surface area contributed by atoms with Crippen molar-refractivity contribution in [3.63, 3.8) is 0 Å². The lowest BCUT2D eigenvalue weighted by Gasteiger charge is -2.31. The molecule has 1 unspecified atom stereocenters. The maximum absolute atomic E-state index is 13.0. The average molecular weight is 377 g/mol. The van der Waals surface area contributed by atoms with E-state index in [9.17, 15) is 9.90 Å². The summed E-state index contributed by atoms with van der Waals surface area (Å²) in [5, 5.41) is 10.6. The average Bonchev–Trinajstić information content (AvgIpc) is 2.97. The van der Waals surface area contributed by atoms with E-state index in [4.69, 9.17) is 4.74 Å². The van der Waals surface area contributed by atoms with Gasteiger partial charge in [-0.3, -0.25) is 9.69 Å². The standard InChI is InChI=1S/C24H27NO3/c1-15-6-8-18(9-7-15)12-21-23(27)22-17(3)11-20(26)19(24(22)28-21)14-25-10-4-5-16(2)13-25/h6-9,11-12,16,26H,4-5,10,13-14H2,1-3H3/b21-12+. The third kappa shape index (κ3) is 3.57. The summed E-state index contributed by atoms with van der Waals surface area (Å²) in [6.07, 6.45) is 4.19. The van der Waals surface area contributed by atoms with E-state index in [1.165, 1.54) is 12.0 Å². The molecule has 4 nitrogen and oxygen atoms in total. The predicted molar refractivity (Wildman–Crippen MR) is 111 cm³/mol. The molecule has 146 valence electrons. The Morgan fingerprint density at radius 2 is 2.00 bits per heavy atom. The molecule has 0 aliphatic carbocycles. The number of phenols is 1. The van der Waals surface area contributed by atoms with Gasteiger partial charge in [0.05, 0.1) is 11.1 Å². The number of rotatable bonds is 3. The van der Waals surface area contributed by atoms with E-state index in [1.54, 1.807) is 12.1 Å². The van der Waals surface area contributed by atoms with Crippen molar-refractivity contribution in [2.75, 3.05) is 13.1 Å². The van der Waals surface area contributed by atoms with Crippen molar-refractivity contribution in [2.45, 2.75) is 40.2 Å². The zero-order chi connectivity index (χ0) is 19.8. The Morgan fingerprint density at radius 3 is 2.71 bits per heavy atom. The smallest absolute Gasteiger partial charge is 0.232 e. The fraction of sp³-hybridized carbons (Fsp3) is 0.375. The molecule has 2 aromatic rings. The van der Waals surface area contributed by atoms with Crippen molar-refractivity contribution in [3.05, 3.63) is 63.9 Å². The minimum atomic E-state index is -0.110. The Balaban J connectivity index is 1.68. The first-order valence-electron chi connectivity index (χ1n) is 10.0. The van der Waals surface area contributed by atoms with Gasteiger partial charge in [-0.25, -0.2) is 0 Å². The first kappa shape index (κ1) is 18.8. The van der Waals surface area contributed by atoms with Crippen LogP contribution >= 0.6 is 0 Å². The maximum atomic E-state index is 13.0. The molecule has 4 rings (SSSR count). The van der Waals surface area contributed by atoms with E-state index in [1.807, 2.05) is 38.1 Å². The van der Waals surface area contributed by atoms with Crippen LogP contribution in [0.25, 0.3) is 6.08 Å². The summed E-state index contributed by atoms with van der Waals surface area (Å²) in [6.45, 7) is 8.75. The maximum Gasteiger partial charge on any atom is 0.232 e. The molecule has 2 aliphatic rings. The summed E-state index contributed by atoms with van der Waals surface area (Å²) >= 11 is 0. The molecule has 2 aromatic carbocycles. The highest BCUT2D eigenvalue weighted by Gasteiger charge is 2.34. The number of hydrogen-bond acceptors (Lipinski definition) is 4. The summed E-state index contributed by atoms with van der Waals surface area (Å²) in [5.41, 5.74) is 4.14. The lowest BCUT2D eigenvalue weighted by molar-refractivity contribution is 0.101. The van der Waals surface area contributed by atoms with E-state index in [2.05, 4.69) is 11.8 Å². The minimum absolute atomic E-state index is 0.110. The van der Waals surface area contributed by atoms with Gasteiger partial charge in [-0.2, -0.15) is 0 Å². The number of benzene rings is 2. The van der Waals surface area contributed by atoms with Crippen molar-refractivity contribution >= 4 is 11.9 Å². The number of phenolic OH excluding ortho intramolecular Hbond substituents is 1. The Hall–Kier alpha value is -2.59. The molecule has 4 heteroatoms. The highest BCUT2D eigenvalue weighted by Crippen LogP contribution is 2.42. The van der Waals surface area contributed by atoms with Crippen molar-refractivity contribution in [2.24, 2.45) is 5.92 Å². The van der Waals surface area contributed by atoms with Gasteiger partial charge in [0.2, 0.25) is 5.78 Å². The van der Waals surface area contributed by atoms with Gasteiger partial charge in [0.15, 0.2) is 5.76 Å². The van der Waals surface area contributed by atoms with Crippen LogP contribution in [0.15, 0.2) is 36.1 Å². The number of piperidine rings is 1. The van der Waals surface area contributed by atoms with Gasteiger partial charge < -0.3 is 9.84 Å². The van der Waals surface area contributed by atoms with Crippen LogP contribution in [0, 0.1) is 19.8 Å². The van der Waals surface area contributed by atoms with E-state index in [0.29, 0.717) is 29.5 Å². The van der Waals surface area contributed by atoms with Crippen LogP contribution in [0.4, 0.5) is 0 Å². The number of carbonyl (C=O) groups excluding carboxylic acids is 1. The normalized spacial score (nSPS) is 21.0. The Labute approximate surface area is 166 Å². The molecular weight excluding hydrogens is 350 g/mol. The number of ketones is 1. The molecule has 0 bridgehead atoms. The minimum Gasteiger partial charge on any atom is -0.507 e. The van der Waals surface area contributed by atoms with Gasteiger partial charge in [0, 0.05) is 13.1 Å². The Morgan fingerprint density at radius 1 is 1.25 bits per heavy atom. The van der Waals surface area contributed by atoms with Gasteiger partial charge in [0.1, 0.15) is 11.5 Å². The highest BCUT2D eigenvalue weighted by atomic mass is 16.5. The lowest BCUT2D eigenvalue weighted by atomic mass is 9.97. The second-order valence-electron chi connectivity index (χ2n) is 8.23. The van der Waals surface area contributed by atoms with Crippen LogP contribution in [0.3, 0.4) is 0 Å². The molecule has 0 aromatic heterocycles. The summed E-state index contributed by atoms with van der Waals surface area (Å²) in [6, 6.07) is 9.67. The molecule has 1 fully saturated rings. The van der Waals surface area contributed by atoms with Gasteiger partial charge >= 0.3 is 0 Å². The van der Waals surface area contributed by atoms with Gasteiger partial charge in [-0.05, 0) is 62.4 Å². The van der Waals surface area contributed by atoms with E-state index in [-0.39, 0.29) is 11.5 Å². The third-order valence-electron chi connectivity index (χ3n) is 5.72. The zero-order valence-electron chi connectivity index (χ0n) is 16.8. The van der Waals surface area contributed by atoms with Crippen molar-refractivity contribution in [1.29, 1.82) is 0 Å². The number of carbonyl (C=O) groups is 1. The van der Waals surface area contributed by atoms with Crippen LogP contribution in [-0.4, -0.2) is 28.9 Å². The van der Waals surface area contributed by atoms with Crippen molar-refractivity contribution < 1.29 is 14.6 Å². The van der Waals surface area contributed by atoms with Gasteiger partial charge in [-0.1, -0.05) is 36.8 Å². The number of hydrogen-bond donors (Lipinski definition) is 1. The summed E-state index contributed by atoms with van der Waals surface area (Å²) < 4.78 is 6.04. The van der Waals surface area contributed by atoms with E-state index >= 15 is 0 Å². The number of aromatic hydroxyl groups is 1. The van der Waals surface area contributed by atoms with Crippen LogP contribution in [0.1, 0.15) is 52.4 Å². The summed E-state index contributed by atoms with van der Waals surface area (Å²) in [7, 11) is 0. The highest BCUT2D eigenvalue weighted by molar-refractivity contribution is 6.15.